The summed E-state index contributed by atoms with van der Waals surface area (Å²) in [5, 5.41) is 41.9. The monoisotopic (exact) mass is 455 g/mol. The third-order valence-electron chi connectivity index (χ3n) is 5.08. The third kappa shape index (κ3) is 4.69. The Hall–Kier alpha value is -4.61. The van der Waals surface area contributed by atoms with E-state index in [2.05, 4.69) is 0 Å². The number of aliphatic carboxylic acids is 1. The van der Waals surface area contributed by atoms with Gasteiger partial charge in [0.15, 0.2) is 0 Å². The number of ketones is 1. The van der Waals surface area contributed by atoms with Crippen molar-refractivity contribution in [2.45, 2.75) is 18.9 Å². The van der Waals surface area contributed by atoms with Crippen LogP contribution in [0.3, 0.4) is 0 Å². The first-order valence-corrected chi connectivity index (χ1v) is 9.61. The lowest BCUT2D eigenvalue weighted by molar-refractivity contribution is -0.385. The SMILES string of the molecule is O=C(O)CCCN1C(=O)C(=O)C(=C(O)c2ccc([N+](=O)[O-])cc2)C1c1cccc([N+](=O)[O-])c1. The lowest BCUT2D eigenvalue weighted by atomic mass is 9.95. The van der Waals surface area contributed by atoms with Gasteiger partial charge in [-0.15, -0.1) is 0 Å². The van der Waals surface area contributed by atoms with Crippen LogP contribution in [0.2, 0.25) is 0 Å². The molecular formula is C21H17N3O9. The number of nitrogens with zero attached hydrogens (tertiary/aromatic N) is 3. The van der Waals surface area contributed by atoms with E-state index >= 15 is 0 Å². The Bertz CT molecular complexity index is 1190. The molecule has 0 aromatic heterocycles. The lowest BCUT2D eigenvalue weighted by Crippen LogP contribution is -2.31. The van der Waals surface area contributed by atoms with Crippen molar-refractivity contribution in [2.75, 3.05) is 6.54 Å². The normalized spacial score (nSPS) is 17.2. The minimum atomic E-state index is -1.21. The quantitative estimate of drug-likeness (QED) is 0.199. The van der Waals surface area contributed by atoms with Crippen molar-refractivity contribution in [3.63, 3.8) is 0 Å². The van der Waals surface area contributed by atoms with E-state index in [-0.39, 0.29) is 47.5 Å². The van der Waals surface area contributed by atoms with Crippen LogP contribution in [0, 0.1) is 20.2 Å². The van der Waals surface area contributed by atoms with Gasteiger partial charge in [0.25, 0.3) is 23.1 Å². The van der Waals surface area contributed by atoms with E-state index in [0.29, 0.717) is 0 Å². The summed E-state index contributed by atoms with van der Waals surface area (Å²) in [6.07, 6.45) is -0.279. The predicted molar refractivity (Wildman–Crippen MR) is 112 cm³/mol. The molecule has 1 heterocycles. The summed E-state index contributed by atoms with van der Waals surface area (Å²) < 4.78 is 0. The van der Waals surface area contributed by atoms with Crippen molar-refractivity contribution < 1.29 is 34.4 Å². The second kappa shape index (κ2) is 9.26. The number of rotatable bonds is 8. The number of carboxylic acids is 1. The minimum Gasteiger partial charge on any atom is -0.507 e. The minimum absolute atomic E-state index is 0.00531. The Morgan fingerprint density at radius 3 is 2.18 bits per heavy atom. The number of hydrogen-bond acceptors (Lipinski definition) is 8. The molecule has 12 nitrogen and oxygen atoms in total. The van der Waals surface area contributed by atoms with Gasteiger partial charge in [-0.05, 0) is 24.1 Å². The van der Waals surface area contributed by atoms with Crippen molar-refractivity contribution in [3.8, 4) is 0 Å². The van der Waals surface area contributed by atoms with Crippen LogP contribution >= 0.6 is 0 Å². The van der Waals surface area contributed by atoms with E-state index in [0.717, 1.165) is 23.1 Å². The number of benzene rings is 2. The highest BCUT2D eigenvalue weighted by Crippen LogP contribution is 2.40. The van der Waals surface area contributed by atoms with Crippen LogP contribution < -0.4 is 0 Å². The zero-order valence-electron chi connectivity index (χ0n) is 16.9. The summed E-state index contributed by atoms with van der Waals surface area (Å²) >= 11 is 0. The molecule has 0 radical (unpaired) electrons. The van der Waals surface area contributed by atoms with E-state index < -0.39 is 39.3 Å². The molecule has 1 amide bonds. The summed E-state index contributed by atoms with van der Waals surface area (Å²) in [5.41, 5.74) is -0.721. The van der Waals surface area contributed by atoms with E-state index in [1.165, 1.54) is 30.3 Å². The zero-order chi connectivity index (χ0) is 24.3. The van der Waals surface area contributed by atoms with Gasteiger partial charge in [0, 0.05) is 42.8 Å². The zero-order valence-corrected chi connectivity index (χ0v) is 16.9. The van der Waals surface area contributed by atoms with Gasteiger partial charge < -0.3 is 15.1 Å². The van der Waals surface area contributed by atoms with E-state index in [1.54, 1.807) is 0 Å². The molecule has 1 atom stereocenters. The second-order valence-corrected chi connectivity index (χ2v) is 7.15. The summed E-state index contributed by atoms with van der Waals surface area (Å²) in [6.45, 7) is -0.152. The number of carbonyl (C=O) groups is 3. The molecule has 0 aliphatic carbocycles. The van der Waals surface area contributed by atoms with Crippen LogP contribution in [-0.4, -0.2) is 49.2 Å². The average molecular weight is 455 g/mol. The first kappa shape index (κ1) is 23.1. The Labute approximate surface area is 185 Å². The standard InChI is InChI=1S/C21H17N3O9/c25-16(26)5-2-10-22-18(13-3-1-4-15(11-13)24(32)33)17(20(28)21(22)29)19(27)12-6-8-14(9-7-12)23(30)31/h1,3-4,6-9,11,18,27H,2,5,10H2,(H,25,26). The smallest absolute Gasteiger partial charge is 0.303 e. The number of aliphatic hydroxyl groups is 1. The van der Waals surface area contributed by atoms with Crippen LogP contribution in [0.5, 0.6) is 0 Å². The molecule has 3 rings (SSSR count). The summed E-state index contributed by atoms with van der Waals surface area (Å²) in [7, 11) is 0. The van der Waals surface area contributed by atoms with Crippen molar-refractivity contribution in [1.82, 2.24) is 4.90 Å². The fraction of sp³-hybridized carbons (Fsp3) is 0.190. The summed E-state index contributed by atoms with van der Waals surface area (Å²) in [5.74, 6) is -3.78. The number of non-ortho nitro benzene ring substituents is 2. The largest absolute Gasteiger partial charge is 0.507 e. The Kier molecular flexibility index (Phi) is 6.47. The number of nitro benzene ring substituents is 2. The highest BCUT2D eigenvalue weighted by atomic mass is 16.6. The number of Topliss-reactive ketones (excluding diaryl/α,β-unsaturated/α-hetero) is 1. The molecule has 2 N–H and O–H groups in total. The molecule has 2 aromatic carbocycles. The predicted octanol–water partition coefficient (Wildman–Crippen LogP) is 2.79. The number of likely N-dealkylation sites (tertiary alicyclic amines) is 1. The van der Waals surface area contributed by atoms with Crippen LogP contribution in [0.15, 0.2) is 54.1 Å². The van der Waals surface area contributed by atoms with E-state index in [1.807, 2.05) is 0 Å². The Morgan fingerprint density at radius 1 is 0.970 bits per heavy atom. The summed E-state index contributed by atoms with van der Waals surface area (Å²) in [6, 6.07) is 8.59. The average Bonchev–Trinajstić information content (AvgIpc) is 3.03. The molecule has 170 valence electrons. The molecule has 1 aliphatic rings. The molecule has 0 bridgehead atoms. The van der Waals surface area contributed by atoms with Crippen molar-refractivity contribution in [3.05, 3.63) is 85.5 Å². The van der Waals surface area contributed by atoms with Gasteiger partial charge in [0.05, 0.1) is 21.5 Å². The maximum atomic E-state index is 12.8. The Balaban J connectivity index is 2.13. The molecule has 1 saturated heterocycles. The van der Waals surface area contributed by atoms with Crippen LogP contribution in [0.1, 0.15) is 30.0 Å². The van der Waals surface area contributed by atoms with Gasteiger partial charge in [-0.2, -0.15) is 0 Å². The molecule has 0 spiro atoms. The molecular weight excluding hydrogens is 438 g/mol. The number of nitro groups is 2. The van der Waals surface area contributed by atoms with Gasteiger partial charge in [0.1, 0.15) is 5.76 Å². The number of amides is 1. The first-order valence-electron chi connectivity index (χ1n) is 9.61. The van der Waals surface area contributed by atoms with Gasteiger partial charge in [-0.25, -0.2) is 0 Å². The van der Waals surface area contributed by atoms with E-state index in [4.69, 9.17) is 5.11 Å². The van der Waals surface area contributed by atoms with Crippen LogP contribution in [0.25, 0.3) is 5.76 Å². The maximum absolute atomic E-state index is 12.8. The molecule has 0 saturated carbocycles. The van der Waals surface area contributed by atoms with E-state index in [9.17, 15) is 39.7 Å². The maximum Gasteiger partial charge on any atom is 0.303 e. The molecule has 2 aromatic rings. The Morgan fingerprint density at radius 2 is 1.61 bits per heavy atom. The molecule has 33 heavy (non-hydrogen) atoms. The fourth-order valence-corrected chi connectivity index (χ4v) is 3.56. The molecule has 1 unspecified atom stereocenters. The molecule has 1 aliphatic heterocycles. The van der Waals surface area contributed by atoms with Gasteiger partial charge >= 0.3 is 5.97 Å². The number of hydrogen-bond donors (Lipinski definition) is 2. The van der Waals surface area contributed by atoms with Gasteiger partial charge in [-0.3, -0.25) is 34.6 Å². The number of carboxylic acid groups (broad SMARTS) is 1. The second-order valence-electron chi connectivity index (χ2n) is 7.15. The fourth-order valence-electron chi connectivity index (χ4n) is 3.56. The first-order chi connectivity index (χ1) is 15.6. The number of carbonyl (C=O) groups excluding carboxylic acids is 2. The highest BCUT2D eigenvalue weighted by molar-refractivity contribution is 6.46. The topological polar surface area (TPSA) is 181 Å². The van der Waals surface area contributed by atoms with Crippen molar-refractivity contribution in [1.29, 1.82) is 0 Å². The highest BCUT2D eigenvalue weighted by Gasteiger charge is 2.46. The van der Waals surface area contributed by atoms with Crippen LogP contribution in [0.4, 0.5) is 11.4 Å². The van der Waals surface area contributed by atoms with Crippen molar-refractivity contribution in [2.24, 2.45) is 0 Å². The number of aliphatic hydroxyl groups excluding tert-OH is 1. The van der Waals surface area contributed by atoms with Gasteiger partial charge in [-0.1, -0.05) is 12.1 Å². The third-order valence-corrected chi connectivity index (χ3v) is 5.08. The van der Waals surface area contributed by atoms with Gasteiger partial charge in [0.2, 0.25) is 0 Å². The van der Waals surface area contributed by atoms with Crippen LogP contribution in [-0.2, 0) is 14.4 Å². The lowest BCUT2D eigenvalue weighted by Gasteiger charge is -2.25. The molecule has 1 fully saturated rings. The molecule has 12 heteroatoms. The summed E-state index contributed by atoms with van der Waals surface area (Å²) in [4.78, 5) is 58.3. The van der Waals surface area contributed by atoms with Crippen molar-refractivity contribution >= 4 is 34.8 Å².